The highest BCUT2D eigenvalue weighted by Gasteiger charge is 2.45. The molecule has 1 N–H and O–H groups in total. The number of nitrogens with zero attached hydrogens (tertiary/aromatic N) is 1. The SMILES string of the molecule is C1CNC(CN(C2CC2)C2CCOC3(CCOC3)C2)C1. The zero-order valence-corrected chi connectivity index (χ0v) is 12.5. The summed E-state index contributed by atoms with van der Waals surface area (Å²) < 4.78 is 11.7. The van der Waals surface area contributed by atoms with Crippen LogP contribution in [0.5, 0.6) is 0 Å². The fourth-order valence-corrected chi connectivity index (χ4v) is 4.32. The maximum absolute atomic E-state index is 6.11. The summed E-state index contributed by atoms with van der Waals surface area (Å²) in [5.41, 5.74) is 0.0547. The molecule has 1 spiro atoms. The lowest BCUT2D eigenvalue weighted by atomic mass is 9.88. The Bertz CT molecular complexity index is 333. The van der Waals surface area contributed by atoms with Crippen molar-refractivity contribution in [2.75, 3.05) is 32.9 Å². The molecule has 4 nitrogen and oxygen atoms in total. The minimum atomic E-state index is 0.0547. The largest absolute Gasteiger partial charge is 0.378 e. The van der Waals surface area contributed by atoms with Crippen LogP contribution >= 0.6 is 0 Å². The molecular formula is C16H28N2O2. The number of nitrogens with one attached hydrogen (secondary N) is 1. The lowest BCUT2D eigenvalue weighted by molar-refractivity contribution is -0.108. The normalized spacial score (nSPS) is 41.9. The first kappa shape index (κ1) is 13.5. The van der Waals surface area contributed by atoms with Crippen LogP contribution in [-0.2, 0) is 9.47 Å². The van der Waals surface area contributed by atoms with E-state index < -0.39 is 0 Å². The highest BCUT2D eigenvalue weighted by molar-refractivity contribution is 4.98. The highest BCUT2D eigenvalue weighted by Crippen LogP contribution is 2.39. The second-order valence-electron chi connectivity index (χ2n) is 7.20. The molecule has 1 saturated carbocycles. The van der Waals surface area contributed by atoms with Crippen molar-refractivity contribution in [1.82, 2.24) is 10.2 Å². The average Bonchev–Trinajstić information content (AvgIpc) is 2.99. The summed E-state index contributed by atoms with van der Waals surface area (Å²) in [6.45, 7) is 5.11. The van der Waals surface area contributed by atoms with Crippen LogP contribution in [-0.4, -0.2) is 61.5 Å². The first-order valence-corrected chi connectivity index (χ1v) is 8.56. The summed E-state index contributed by atoms with van der Waals surface area (Å²) in [4.78, 5) is 2.82. The fraction of sp³-hybridized carbons (Fsp3) is 1.00. The van der Waals surface area contributed by atoms with Crippen LogP contribution in [0, 0.1) is 0 Å². The maximum atomic E-state index is 6.11. The van der Waals surface area contributed by atoms with Crippen LogP contribution in [0.1, 0.15) is 44.9 Å². The molecule has 3 unspecified atom stereocenters. The van der Waals surface area contributed by atoms with Gasteiger partial charge in [-0.1, -0.05) is 0 Å². The minimum absolute atomic E-state index is 0.0547. The Morgan fingerprint density at radius 1 is 1.10 bits per heavy atom. The third kappa shape index (κ3) is 2.76. The van der Waals surface area contributed by atoms with Gasteiger partial charge in [-0.2, -0.15) is 0 Å². The molecule has 4 heteroatoms. The number of rotatable bonds is 4. The van der Waals surface area contributed by atoms with Crippen molar-refractivity contribution in [1.29, 1.82) is 0 Å². The zero-order valence-electron chi connectivity index (χ0n) is 12.5. The van der Waals surface area contributed by atoms with E-state index in [-0.39, 0.29) is 5.60 Å². The molecule has 0 bridgehead atoms. The zero-order chi connectivity index (χ0) is 13.4. The Balaban J connectivity index is 1.42. The van der Waals surface area contributed by atoms with Gasteiger partial charge in [0.05, 0.1) is 12.2 Å². The second kappa shape index (κ2) is 5.56. The van der Waals surface area contributed by atoms with E-state index in [0.717, 1.165) is 44.4 Å². The number of ether oxygens (including phenoxy) is 2. The highest BCUT2D eigenvalue weighted by atomic mass is 16.6. The van der Waals surface area contributed by atoms with Crippen molar-refractivity contribution >= 4 is 0 Å². The predicted molar refractivity (Wildman–Crippen MR) is 77.9 cm³/mol. The Hall–Kier alpha value is -0.160. The van der Waals surface area contributed by atoms with E-state index in [1.165, 1.54) is 51.6 Å². The molecule has 114 valence electrons. The molecule has 0 amide bonds. The van der Waals surface area contributed by atoms with Crippen LogP contribution in [0.2, 0.25) is 0 Å². The third-order valence-corrected chi connectivity index (χ3v) is 5.61. The predicted octanol–water partition coefficient (Wildman–Crippen LogP) is 1.54. The van der Waals surface area contributed by atoms with Gasteiger partial charge in [0.25, 0.3) is 0 Å². The van der Waals surface area contributed by atoms with Crippen LogP contribution in [0.3, 0.4) is 0 Å². The van der Waals surface area contributed by atoms with Crippen LogP contribution in [0.15, 0.2) is 0 Å². The molecule has 0 aromatic rings. The molecular weight excluding hydrogens is 252 g/mol. The lowest BCUT2D eigenvalue weighted by Gasteiger charge is -2.43. The van der Waals surface area contributed by atoms with Gasteiger partial charge in [-0.3, -0.25) is 4.90 Å². The van der Waals surface area contributed by atoms with Crippen molar-refractivity contribution in [3.8, 4) is 0 Å². The smallest absolute Gasteiger partial charge is 0.0951 e. The molecule has 20 heavy (non-hydrogen) atoms. The number of hydrogen-bond donors (Lipinski definition) is 1. The Morgan fingerprint density at radius 2 is 2.05 bits per heavy atom. The van der Waals surface area contributed by atoms with Gasteiger partial charge in [0.1, 0.15) is 0 Å². The summed E-state index contributed by atoms with van der Waals surface area (Å²) in [5.74, 6) is 0. The van der Waals surface area contributed by atoms with Gasteiger partial charge < -0.3 is 14.8 Å². The number of hydrogen-bond acceptors (Lipinski definition) is 4. The van der Waals surface area contributed by atoms with Crippen LogP contribution in [0.25, 0.3) is 0 Å². The molecule has 3 saturated heterocycles. The fourth-order valence-electron chi connectivity index (χ4n) is 4.32. The minimum Gasteiger partial charge on any atom is -0.378 e. The Morgan fingerprint density at radius 3 is 2.75 bits per heavy atom. The molecule has 4 fully saturated rings. The molecule has 3 aliphatic heterocycles. The van der Waals surface area contributed by atoms with Gasteiger partial charge in [-0.15, -0.1) is 0 Å². The molecule has 4 aliphatic rings. The van der Waals surface area contributed by atoms with Gasteiger partial charge in [0.2, 0.25) is 0 Å². The van der Waals surface area contributed by atoms with Crippen molar-refractivity contribution in [3.63, 3.8) is 0 Å². The topological polar surface area (TPSA) is 33.7 Å². The van der Waals surface area contributed by atoms with E-state index in [1.54, 1.807) is 0 Å². The summed E-state index contributed by atoms with van der Waals surface area (Å²) >= 11 is 0. The Labute approximate surface area is 122 Å². The third-order valence-electron chi connectivity index (χ3n) is 5.61. The summed E-state index contributed by atoms with van der Waals surface area (Å²) in [6.07, 6.45) is 9.04. The van der Waals surface area contributed by atoms with E-state index in [4.69, 9.17) is 9.47 Å². The summed E-state index contributed by atoms with van der Waals surface area (Å²) in [6, 6.07) is 2.31. The van der Waals surface area contributed by atoms with Crippen molar-refractivity contribution in [3.05, 3.63) is 0 Å². The first-order valence-electron chi connectivity index (χ1n) is 8.56. The van der Waals surface area contributed by atoms with Crippen LogP contribution < -0.4 is 5.32 Å². The quantitative estimate of drug-likeness (QED) is 0.847. The van der Waals surface area contributed by atoms with Gasteiger partial charge in [0.15, 0.2) is 0 Å². The van der Waals surface area contributed by atoms with Gasteiger partial charge >= 0.3 is 0 Å². The van der Waals surface area contributed by atoms with Crippen molar-refractivity contribution in [2.24, 2.45) is 0 Å². The Kier molecular flexibility index (Phi) is 3.75. The molecule has 0 radical (unpaired) electrons. The van der Waals surface area contributed by atoms with Crippen molar-refractivity contribution in [2.45, 2.75) is 68.7 Å². The lowest BCUT2D eigenvalue weighted by Crippen LogP contribution is -2.52. The first-order chi connectivity index (χ1) is 9.85. The van der Waals surface area contributed by atoms with Crippen molar-refractivity contribution < 1.29 is 9.47 Å². The van der Waals surface area contributed by atoms with E-state index in [1.807, 2.05) is 0 Å². The summed E-state index contributed by atoms with van der Waals surface area (Å²) in [5, 5.41) is 3.67. The van der Waals surface area contributed by atoms with Gasteiger partial charge in [-0.05, 0) is 45.1 Å². The molecule has 4 rings (SSSR count). The van der Waals surface area contributed by atoms with E-state index in [0.29, 0.717) is 0 Å². The molecule has 3 atom stereocenters. The molecule has 0 aromatic carbocycles. The maximum Gasteiger partial charge on any atom is 0.0951 e. The van der Waals surface area contributed by atoms with E-state index in [9.17, 15) is 0 Å². The monoisotopic (exact) mass is 280 g/mol. The second-order valence-corrected chi connectivity index (χ2v) is 7.20. The van der Waals surface area contributed by atoms with E-state index in [2.05, 4.69) is 10.2 Å². The van der Waals surface area contributed by atoms with Crippen LogP contribution in [0.4, 0.5) is 0 Å². The van der Waals surface area contributed by atoms with E-state index >= 15 is 0 Å². The summed E-state index contributed by atoms with van der Waals surface area (Å²) in [7, 11) is 0. The van der Waals surface area contributed by atoms with Gasteiger partial charge in [0, 0.05) is 44.3 Å². The molecule has 3 heterocycles. The standard InChI is InChI=1S/C16H28N2O2/c1-2-13(17-7-1)11-18(14-3-4-14)15-5-8-20-16(10-15)6-9-19-12-16/h13-15,17H,1-12H2. The average molecular weight is 280 g/mol. The molecule has 1 aliphatic carbocycles. The molecule has 0 aromatic heterocycles. The van der Waals surface area contributed by atoms with Gasteiger partial charge in [-0.25, -0.2) is 0 Å².